The molecule has 0 spiro atoms. The van der Waals surface area contributed by atoms with Gasteiger partial charge in [0.1, 0.15) is 11.9 Å². The van der Waals surface area contributed by atoms with Crippen LogP contribution < -0.4 is 4.74 Å². The normalized spacial score (nSPS) is 12.2. The Labute approximate surface area is 129 Å². The third-order valence-electron chi connectivity index (χ3n) is 2.80. The Kier molecular flexibility index (Phi) is 5.02. The van der Waals surface area contributed by atoms with Crippen LogP contribution in [0.2, 0.25) is 0 Å². The van der Waals surface area contributed by atoms with E-state index in [9.17, 15) is 0 Å². The molecule has 0 fully saturated rings. The zero-order valence-corrected chi connectivity index (χ0v) is 13.6. The topological polar surface area (TPSA) is 29.5 Å². The van der Waals surface area contributed by atoms with Crippen LogP contribution in [0.15, 0.2) is 51.4 Å². The number of aliphatic hydroxyl groups is 1. The van der Waals surface area contributed by atoms with Crippen molar-refractivity contribution in [3.63, 3.8) is 0 Å². The number of hydrogen-bond donors (Lipinski definition) is 1. The third-order valence-corrected chi connectivity index (χ3v) is 3.98. The summed E-state index contributed by atoms with van der Waals surface area (Å²) < 4.78 is 7.64. The van der Waals surface area contributed by atoms with E-state index < -0.39 is 0 Å². The van der Waals surface area contributed by atoms with Gasteiger partial charge in [-0.2, -0.15) is 0 Å². The van der Waals surface area contributed by atoms with Crippen molar-refractivity contribution in [1.29, 1.82) is 0 Å². The van der Waals surface area contributed by atoms with E-state index in [-0.39, 0.29) is 12.7 Å². The molecule has 2 rings (SSSR count). The summed E-state index contributed by atoms with van der Waals surface area (Å²) in [7, 11) is 0. The summed E-state index contributed by atoms with van der Waals surface area (Å²) in [5.74, 6) is 0.744. The summed E-state index contributed by atoms with van der Waals surface area (Å²) >= 11 is 6.95. The quantitative estimate of drug-likeness (QED) is 0.815. The van der Waals surface area contributed by atoms with Gasteiger partial charge >= 0.3 is 0 Å². The lowest BCUT2D eigenvalue weighted by Gasteiger charge is -2.18. The van der Waals surface area contributed by atoms with Gasteiger partial charge in [0.15, 0.2) is 0 Å². The van der Waals surface area contributed by atoms with Gasteiger partial charge in [-0.05, 0) is 62.0 Å². The van der Waals surface area contributed by atoms with Crippen LogP contribution in [0.25, 0.3) is 0 Å². The molecule has 1 atom stereocenters. The monoisotopic (exact) mass is 384 g/mol. The van der Waals surface area contributed by atoms with E-state index >= 15 is 0 Å². The molecule has 0 aliphatic heterocycles. The second-order valence-corrected chi connectivity index (χ2v) is 5.93. The van der Waals surface area contributed by atoms with Gasteiger partial charge in [0.05, 0.1) is 15.6 Å². The number of hydrogen-bond acceptors (Lipinski definition) is 2. The zero-order valence-electron chi connectivity index (χ0n) is 10.4. The molecule has 0 saturated carbocycles. The van der Waals surface area contributed by atoms with Crippen LogP contribution in [0.4, 0.5) is 0 Å². The summed E-state index contributed by atoms with van der Waals surface area (Å²) in [5.41, 5.74) is 1.95. The minimum absolute atomic E-state index is 0.00567. The van der Waals surface area contributed by atoms with Crippen molar-refractivity contribution in [3.8, 4) is 5.75 Å². The average Bonchev–Trinajstić information content (AvgIpc) is 2.43. The summed E-state index contributed by atoms with van der Waals surface area (Å²) in [6.45, 7) is 2.01. The first-order valence-corrected chi connectivity index (χ1v) is 7.50. The van der Waals surface area contributed by atoms with Crippen molar-refractivity contribution >= 4 is 31.9 Å². The first kappa shape index (κ1) is 14.6. The molecule has 0 saturated heterocycles. The van der Waals surface area contributed by atoms with Gasteiger partial charge in [0, 0.05) is 0 Å². The first-order chi connectivity index (χ1) is 9.11. The average molecular weight is 386 g/mol. The van der Waals surface area contributed by atoms with Crippen molar-refractivity contribution in [2.45, 2.75) is 19.6 Å². The van der Waals surface area contributed by atoms with Crippen molar-refractivity contribution in [2.24, 2.45) is 0 Å². The van der Waals surface area contributed by atoms with Gasteiger partial charge in [-0.25, -0.2) is 0 Å². The highest BCUT2D eigenvalue weighted by Gasteiger charge is 2.13. The van der Waals surface area contributed by atoms with Gasteiger partial charge < -0.3 is 9.84 Å². The molecule has 0 aliphatic carbocycles. The van der Waals surface area contributed by atoms with Gasteiger partial charge in [-0.3, -0.25) is 0 Å². The molecule has 0 aliphatic rings. The Morgan fingerprint density at radius 3 is 2.21 bits per heavy atom. The molecule has 0 radical (unpaired) electrons. The van der Waals surface area contributed by atoms with E-state index in [0.29, 0.717) is 0 Å². The maximum absolute atomic E-state index is 9.15. The highest BCUT2D eigenvalue weighted by molar-refractivity contribution is 9.11. The number of benzene rings is 2. The van der Waals surface area contributed by atoms with Crippen molar-refractivity contribution in [1.82, 2.24) is 0 Å². The van der Waals surface area contributed by atoms with Gasteiger partial charge in [-0.15, -0.1) is 0 Å². The Morgan fingerprint density at radius 2 is 1.68 bits per heavy atom. The molecular weight excluding hydrogens is 372 g/mol. The Morgan fingerprint density at radius 1 is 1.11 bits per heavy atom. The number of rotatable bonds is 4. The fourth-order valence-electron chi connectivity index (χ4n) is 1.79. The molecule has 2 aromatic rings. The lowest BCUT2D eigenvalue weighted by atomic mass is 10.1. The number of aliphatic hydroxyl groups excluding tert-OH is 1. The van der Waals surface area contributed by atoms with Crippen molar-refractivity contribution < 1.29 is 9.84 Å². The van der Waals surface area contributed by atoms with Crippen LogP contribution in [-0.2, 0) is 6.61 Å². The van der Waals surface area contributed by atoms with E-state index in [1.807, 2.05) is 49.4 Å². The Hall–Kier alpha value is -0.840. The largest absolute Gasteiger partial charge is 0.484 e. The fraction of sp³-hybridized carbons (Fsp3) is 0.200. The van der Waals surface area contributed by atoms with Crippen molar-refractivity contribution in [3.05, 3.63) is 62.5 Å². The molecule has 0 bridgehead atoms. The summed E-state index contributed by atoms with van der Waals surface area (Å²) in [6, 6.07) is 13.8. The number of halogens is 2. The van der Waals surface area contributed by atoms with Crippen molar-refractivity contribution in [2.75, 3.05) is 0 Å². The van der Waals surface area contributed by atoms with E-state index in [2.05, 4.69) is 31.9 Å². The molecule has 100 valence electrons. The molecule has 1 unspecified atom stereocenters. The predicted octanol–water partition coefficient (Wildman–Crippen LogP) is 4.84. The third kappa shape index (κ3) is 3.59. The maximum atomic E-state index is 9.15. The molecule has 0 heterocycles. The Balaban J connectivity index is 2.24. The van der Waals surface area contributed by atoms with Crippen LogP contribution in [0.3, 0.4) is 0 Å². The first-order valence-electron chi connectivity index (χ1n) is 5.92. The molecule has 0 amide bonds. The van der Waals surface area contributed by atoms with Crippen LogP contribution in [0.5, 0.6) is 5.75 Å². The SMILES string of the molecule is CC(Oc1c(Br)cc(CO)cc1Br)c1ccccc1. The second kappa shape index (κ2) is 6.55. The lowest BCUT2D eigenvalue weighted by molar-refractivity contribution is 0.223. The molecule has 4 heteroatoms. The lowest BCUT2D eigenvalue weighted by Crippen LogP contribution is -2.04. The predicted molar refractivity (Wildman–Crippen MR) is 83.2 cm³/mol. The van der Waals surface area contributed by atoms with E-state index in [1.54, 1.807) is 0 Å². The number of ether oxygens (including phenoxy) is 1. The summed E-state index contributed by atoms with van der Waals surface area (Å²) in [4.78, 5) is 0. The molecule has 1 N–H and O–H groups in total. The second-order valence-electron chi connectivity index (χ2n) is 4.22. The molecule has 2 aromatic carbocycles. The molecule has 19 heavy (non-hydrogen) atoms. The smallest absolute Gasteiger partial charge is 0.148 e. The van der Waals surface area contributed by atoms with E-state index in [4.69, 9.17) is 9.84 Å². The van der Waals surface area contributed by atoms with Gasteiger partial charge in [0.25, 0.3) is 0 Å². The molecular formula is C15H14Br2O2. The highest BCUT2D eigenvalue weighted by atomic mass is 79.9. The van der Waals surface area contributed by atoms with E-state index in [0.717, 1.165) is 25.8 Å². The van der Waals surface area contributed by atoms with Crippen LogP contribution in [-0.4, -0.2) is 5.11 Å². The molecule has 0 aromatic heterocycles. The van der Waals surface area contributed by atoms with Crippen LogP contribution in [0.1, 0.15) is 24.2 Å². The summed E-state index contributed by atoms with van der Waals surface area (Å²) in [5, 5.41) is 9.15. The van der Waals surface area contributed by atoms with Gasteiger partial charge in [0.2, 0.25) is 0 Å². The molecule has 2 nitrogen and oxygen atoms in total. The standard InChI is InChI=1S/C15H14Br2O2/c1-10(12-5-3-2-4-6-12)19-15-13(16)7-11(9-18)8-14(15)17/h2-8,10,18H,9H2,1H3. The Bertz CT molecular complexity index is 532. The van der Waals surface area contributed by atoms with E-state index in [1.165, 1.54) is 0 Å². The minimum atomic E-state index is -0.0474. The van der Waals surface area contributed by atoms with Crippen LogP contribution in [0, 0.1) is 0 Å². The maximum Gasteiger partial charge on any atom is 0.148 e. The minimum Gasteiger partial charge on any atom is -0.484 e. The summed E-state index contributed by atoms with van der Waals surface area (Å²) in [6.07, 6.45) is -0.0474. The zero-order chi connectivity index (χ0) is 13.8. The van der Waals surface area contributed by atoms with Crippen LogP contribution >= 0.6 is 31.9 Å². The fourth-order valence-corrected chi connectivity index (χ4v) is 3.25. The van der Waals surface area contributed by atoms with Gasteiger partial charge in [-0.1, -0.05) is 30.3 Å². The highest BCUT2D eigenvalue weighted by Crippen LogP contribution is 2.37.